The summed E-state index contributed by atoms with van der Waals surface area (Å²) in [6, 6.07) is 9.30. The molecular formula is C16H18FN3O2. The van der Waals surface area contributed by atoms with Crippen molar-refractivity contribution in [3.63, 3.8) is 0 Å². The minimum absolute atomic E-state index is 0.0742. The maximum absolute atomic E-state index is 13.5. The first-order chi connectivity index (χ1) is 10.5. The maximum atomic E-state index is 13.5. The van der Waals surface area contributed by atoms with Crippen molar-refractivity contribution in [3.05, 3.63) is 59.5 Å². The number of rotatable bonds is 5. The highest BCUT2D eigenvalue weighted by molar-refractivity contribution is 5.94. The van der Waals surface area contributed by atoms with Crippen molar-refractivity contribution < 1.29 is 14.3 Å². The van der Waals surface area contributed by atoms with Crippen LogP contribution in [0.5, 0.6) is 0 Å². The number of aliphatic hydroxyl groups excluding tert-OH is 1. The molecule has 0 spiro atoms. The average Bonchev–Trinajstić information content (AvgIpc) is 2.52. The smallest absolute Gasteiger partial charge is 0.252 e. The second-order valence-corrected chi connectivity index (χ2v) is 5.05. The molecule has 0 saturated heterocycles. The highest BCUT2D eigenvalue weighted by Gasteiger charge is 2.14. The Labute approximate surface area is 128 Å². The Morgan fingerprint density at radius 2 is 2.05 bits per heavy atom. The van der Waals surface area contributed by atoms with Gasteiger partial charge in [0.15, 0.2) is 0 Å². The zero-order chi connectivity index (χ0) is 16.1. The maximum Gasteiger partial charge on any atom is 0.252 e. The van der Waals surface area contributed by atoms with Gasteiger partial charge in [-0.3, -0.25) is 4.79 Å². The van der Waals surface area contributed by atoms with Gasteiger partial charge in [-0.2, -0.15) is 0 Å². The lowest BCUT2D eigenvalue weighted by molar-refractivity contribution is 0.0913. The molecule has 0 aliphatic rings. The molecule has 116 valence electrons. The number of carbonyl (C=O) groups excluding carboxylic acids is 1. The predicted octanol–water partition coefficient (Wildman–Crippen LogP) is 1.75. The average molecular weight is 303 g/mol. The molecule has 5 nitrogen and oxygen atoms in total. The van der Waals surface area contributed by atoms with Gasteiger partial charge in [0.05, 0.1) is 11.7 Å². The van der Waals surface area contributed by atoms with E-state index < -0.39 is 11.9 Å². The number of benzene rings is 1. The summed E-state index contributed by atoms with van der Waals surface area (Å²) in [4.78, 5) is 17.9. The van der Waals surface area contributed by atoms with Crippen molar-refractivity contribution in [2.75, 3.05) is 25.5 Å². The number of aliphatic hydroxyl groups is 1. The summed E-state index contributed by atoms with van der Waals surface area (Å²) in [7, 11) is 3.71. The third-order valence-electron chi connectivity index (χ3n) is 3.19. The Hall–Kier alpha value is -2.47. The Bertz CT molecular complexity index is 644. The van der Waals surface area contributed by atoms with E-state index in [4.69, 9.17) is 0 Å². The summed E-state index contributed by atoms with van der Waals surface area (Å²) in [6.45, 7) is -0.0742. The van der Waals surface area contributed by atoms with Crippen LogP contribution in [0.2, 0.25) is 0 Å². The fraction of sp³-hybridized carbons (Fsp3) is 0.250. The van der Waals surface area contributed by atoms with Crippen LogP contribution >= 0.6 is 0 Å². The number of nitrogens with one attached hydrogen (secondary N) is 1. The number of halogens is 1. The van der Waals surface area contributed by atoms with E-state index in [9.17, 15) is 14.3 Å². The lowest BCUT2D eigenvalue weighted by atomic mass is 10.1. The fourth-order valence-corrected chi connectivity index (χ4v) is 1.93. The van der Waals surface area contributed by atoms with Crippen molar-refractivity contribution in [3.8, 4) is 0 Å². The molecule has 6 heteroatoms. The first kappa shape index (κ1) is 15.9. The molecule has 0 bridgehead atoms. The van der Waals surface area contributed by atoms with Crippen molar-refractivity contribution in [1.29, 1.82) is 0 Å². The third kappa shape index (κ3) is 3.79. The van der Waals surface area contributed by atoms with Crippen LogP contribution in [-0.4, -0.2) is 36.6 Å². The summed E-state index contributed by atoms with van der Waals surface area (Å²) in [5.74, 6) is -0.127. The van der Waals surface area contributed by atoms with Crippen LogP contribution < -0.4 is 10.2 Å². The molecule has 0 fully saturated rings. The third-order valence-corrected chi connectivity index (χ3v) is 3.19. The highest BCUT2D eigenvalue weighted by atomic mass is 19.1. The molecule has 0 aliphatic carbocycles. The molecule has 2 aromatic rings. The minimum atomic E-state index is -1.10. The van der Waals surface area contributed by atoms with Crippen LogP contribution in [0.15, 0.2) is 42.6 Å². The Morgan fingerprint density at radius 1 is 1.32 bits per heavy atom. The van der Waals surface area contributed by atoms with E-state index in [-0.39, 0.29) is 18.0 Å². The van der Waals surface area contributed by atoms with Crippen LogP contribution in [0, 0.1) is 5.82 Å². The standard InChI is InChI=1S/C16H18FN3O2/c1-20(2)15-8-7-11(9-18-15)16(22)19-10-14(21)12-5-3-4-6-13(12)17/h3-9,14,21H,10H2,1-2H3,(H,19,22). The quantitative estimate of drug-likeness (QED) is 0.883. The molecule has 22 heavy (non-hydrogen) atoms. The van der Waals surface area contributed by atoms with Gasteiger partial charge >= 0.3 is 0 Å². The molecule has 1 atom stereocenters. The van der Waals surface area contributed by atoms with Gasteiger partial charge < -0.3 is 15.3 Å². The van der Waals surface area contributed by atoms with Crippen molar-refractivity contribution in [2.24, 2.45) is 0 Å². The van der Waals surface area contributed by atoms with Crippen LogP contribution in [0.3, 0.4) is 0 Å². The van der Waals surface area contributed by atoms with Crippen LogP contribution in [0.1, 0.15) is 22.0 Å². The van der Waals surface area contributed by atoms with Gasteiger partial charge in [0.2, 0.25) is 0 Å². The molecule has 0 saturated carbocycles. The number of nitrogens with zero attached hydrogens (tertiary/aromatic N) is 2. The number of amides is 1. The zero-order valence-corrected chi connectivity index (χ0v) is 12.5. The molecule has 1 amide bonds. The second kappa shape index (κ2) is 7.00. The molecule has 0 radical (unpaired) electrons. The summed E-state index contributed by atoms with van der Waals surface area (Å²) < 4.78 is 13.5. The number of hydrogen-bond acceptors (Lipinski definition) is 4. The fourth-order valence-electron chi connectivity index (χ4n) is 1.93. The normalized spacial score (nSPS) is 11.8. The first-order valence-electron chi connectivity index (χ1n) is 6.83. The molecule has 2 N–H and O–H groups in total. The van der Waals surface area contributed by atoms with Crippen LogP contribution in [0.4, 0.5) is 10.2 Å². The monoisotopic (exact) mass is 303 g/mol. The number of pyridine rings is 1. The zero-order valence-electron chi connectivity index (χ0n) is 12.5. The summed E-state index contributed by atoms with van der Waals surface area (Å²) in [6.07, 6.45) is 0.360. The summed E-state index contributed by atoms with van der Waals surface area (Å²) >= 11 is 0. The van der Waals surface area contributed by atoms with Crippen molar-refractivity contribution >= 4 is 11.7 Å². The van der Waals surface area contributed by atoms with E-state index in [1.54, 1.807) is 24.3 Å². The number of aromatic nitrogens is 1. The SMILES string of the molecule is CN(C)c1ccc(C(=O)NCC(O)c2ccccc2F)cn1. The molecule has 0 aliphatic heterocycles. The van der Waals surface area contributed by atoms with E-state index >= 15 is 0 Å². The second-order valence-electron chi connectivity index (χ2n) is 5.05. The predicted molar refractivity (Wildman–Crippen MR) is 82.3 cm³/mol. The van der Waals surface area contributed by atoms with Crippen LogP contribution in [0.25, 0.3) is 0 Å². The van der Waals surface area contributed by atoms with Gasteiger partial charge in [0, 0.05) is 32.4 Å². The van der Waals surface area contributed by atoms with Crippen molar-refractivity contribution in [2.45, 2.75) is 6.10 Å². The van der Waals surface area contributed by atoms with Gasteiger partial charge in [-0.1, -0.05) is 18.2 Å². The Kier molecular flexibility index (Phi) is 5.06. The number of anilines is 1. The van der Waals surface area contributed by atoms with Gasteiger partial charge in [0.25, 0.3) is 5.91 Å². The van der Waals surface area contributed by atoms with E-state index in [1.807, 2.05) is 19.0 Å². The number of hydrogen-bond donors (Lipinski definition) is 2. The van der Waals surface area contributed by atoms with E-state index in [1.165, 1.54) is 18.3 Å². The topological polar surface area (TPSA) is 65.5 Å². The van der Waals surface area contributed by atoms with Crippen LogP contribution in [-0.2, 0) is 0 Å². The lowest BCUT2D eigenvalue weighted by Gasteiger charge is -2.14. The molecule has 1 aromatic heterocycles. The molecule has 1 heterocycles. The van der Waals surface area contributed by atoms with E-state index in [0.29, 0.717) is 5.56 Å². The lowest BCUT2D eigenvalue weighted by Crippen LogP contribution is -2.28. The van der Waals surface area contributed by atoms with Gasteiger partial charge in [-0.05, 0) is 18.2 Å². The van der Waals surface area contributed by atoms with Gasteiger partial charge in [0.1, 0.15) is 11.6 Å². The van der Waals surface area contributed by atoms with Gasteiger partial charge in [-0.15, -0.1) is 0 Å². The van der Waals surface area contributed by atoms with Crippen molar-refractivity contribution in [1.82, 2.24) is 10.3 Å². The largest absolute Gasteiger partial charge is 0.386 e. The summed E-state index contributed by atoms with van der Waals surface area (Å²) in [5.41, 5.74) is 0.537. The van der Waals surface area contributed by atoms with E-state index in [2.05, 4.69) is 10.3 Å². The first-order valence-corrected chi connectivity index (χ1v) is 6.83. The molecule has 1 unspecified atom stereocenters. The Morgan fingerprint density at radius 3 is 2.64 bits per heavy atom. The summed E-state index contributed by atoms with van der Waals surface area (Å²) in [5, 5.41) is 12.5. The molecule has 1 aromatic carbocycles. The Balaban J connectivity index is 1.96. The highest BCUT2D eigenvalue weighted by Crippen LogP contribution is 2.16. The van der Waals surface area contributed by atoms with Gasteiger partial charge in [-0.25, -0.2) is 9.37 Å². The molecular weight excluding hydrogens is 285 g/mol. The van der Waals surface area contributed by atoms with E-state index in [0.717, 1.165) is 5.82 Å². The minimum Gasteiger partial charge on any atom is -0.386 e. The number of carbonyl (C=O) groups is 1. The molecule has 2 rings (SSSR count).